The molecule has 5 heteroatoms. The van der Waals surface area contributed by atoms with Crippen molar-refractivity contribution in [2.45, 2.75) is 13.0 Å². The van der Waals surface area contributed by atoms with E-state index in [0.717, 1.165) is 15.6 Å². The van der Waals surface area contributed by atoms with E-state index in [0.29, 0.717) is 27.7 Å². The third-order valence-corrected chi connectivity index (χ3v) is 5.11. The molecule has 3 aromatic carbocycles. The van der Waals surface area contributed by atoms with Gasteiger partial charge in [0, 0.05) is 21.1 Å². The first-order valence-electron chi connectivity index (χ1n) is 8.57. The second-order valence-electron chi connectivity index (χ2n) is 6.22. The Kier molecular flexibility index (Phi) is 6.53. The molecular weight excluding hydrogens is 438 g/mol. The summed E-state index contributed by atoms with van der Waals surface area (Å²) in [5, 5.41) is 20.6. The van der Waals surface area contributed by atoms with Crippen molar-refractivity contribution in [1.82, 2.24) is 0 Å². The maximum absolute atomic E-state index is 10.8. The van der Waals surface area contributed by atoms with Crippen molar-refractivity contribution in [3.8, 4) is 11.8 Å². The van der Waals surface area contributed by atoms with Crippen LogP contribution in [0.2, 0.25) is 5.02 Å². The molecule has 0 radical (unpaired) electrons. The minimum atomic E-state index is -0.906. The van der Waals surface area contributed by atoms with Crippen LogP contribution in [0.3, 0.4) is 0 Å². The van der Waals surface area contributed by atoms with Gasteiger partial charge in [-0.1, -0.05) is 75.6 Å². The smallest absolute Gasteiger partial charge is 0.146 e. The highest BCUT2D eigenvalue weighted by Gasteiger charge is 2.14. The topological polar surface area (TPSA) is 53.2 Å². The predicted molar refractivity (Wildman–Crippen MR) is 115 cm³/mol. The maximum Gasteiger partial charge on any atom is 0.146 e. The van der Waals surface area contributed by atoms with E-state index >= 15 is 0 Å². The van der Waals surface area contributed by atoms with E-state index in [1.165, 1.54) is 0 Å². The van der Waals surface area contributed by atoms with E-state index in [1.54, 1.807) is 24.3 Å². The summed E-state index contributed by atoms with van der Waals surface area (Å²) in [5.74, 6) is 0.767. The average Bonchev–Trinajstić information content (AvgIpc) is 2.68. The molecule has 3 aromatic rings. The number of hydrogen-bond acceptors (Lipinski definition) is 3. The molecule has 1 unspecified atom stereocenters. The minimum Gasteiger partial charge on any atom is -0.456 e. The number of benzene rings is 3. The van der Waals surface area contributed by atoms with Gasteiger partial charge in [-0.3, -0.25) is 0 Å². The van der Waals surface area contributed by atoms with Crippen LogP contribution in [0.1, 0.15) is 28.4 Å². The Balaban J connectivity index is 2.06. The van der Waals surface area contributed by atoms with E-state index in [9.17, 15) is 10.4 Å². The molecule has 3 rings (SSSR count). The fourth-order valence-corrected chi connectivity index (χ4v) is 3.33. The van der Waals surface area contributed by atoms with Crippen LogP contribution in [0.5, 0.6) is 5.75 Å². The zero-order valence-corrected chi connectivity index (χ0v) is 17.4. The van der Waals surface area contributed by atoms with Crippen LogP contribution in [-0.2, 0) is 0 Å². The lowest BCUT2D eigenvalue weighted by Crippen LogP contribution is -2.02. The van der Waals surface area contributed by atoms with E-state index in [4.69, 9.17) is 16.3 Å². The Morgan fingerprint density at radius 1 is 1.14 bits per heavy atom. The Morgan fingerprint density at radius 2 is 1.86 bits per heavy atom. The van der Waals surface area contributed by atoms with Crippen LogP contribution >= 0.6 is 27.5 Å². The molecule has 0 bridgehead atoms. The number of aliphatic hydroxyl groups excluding tert-OH is 1. The van der Waals surface area contributed by atoms with Gasteiger partial charge in [0.25, 0.3) is 0 Å². The number of halogens is 2. The monoisotopic (exact) mass is 453 g/mol. The molecule has 0 fully saturated rings. The maximum atomic E-state index is 10.8. The summed E-state index contributed by atoms with van der Waals surface area (Å²) in [6, 6.07) is 22.1. The zero-order valence-electron chi connectivity index (χ0n) is 15.1. The van der Waals surface area contributed by atoms with Crippen molar-refractivity contribution in [3.05, 3.63) is 105 Å². The quantitative estimate of drug-likeness (QED) is 0.452. The molecule has 0 aliphatic rings. The van der Waals surface area contributed by atoms with Gasteiger partial charge in [-0.25, -0.2) is 0 Å². The zero-order chi connectivity index (χ0) is 20.1. The first kappa shape index (κ1) is 20.2. The summed E-state index contributed by atoms with van der Waals surface area (Å²) in [6.07, 6.45) is 0.712. The van der Waals surface area contributed by atoms with Gasteiger partial charge < -0.3 is 9.84 Å². The number of nitriles is 1. The van der Waals surface area contributed by atoms with Crippen LogP contribution in [-0.4, -0.2) is 5.11 Å². The Bertz CT molecular complexity index is 1050. The van der Waals surface area contributed by atoms with Crippen molar-refractivity contribution in [3.63, 3.8) is 0 Å². The fourth-order valence-electron chi connectivity index (χ4n) is 2.65. The summed E-state index contributed by atoms with van der Waals surface area (Å²) < 4.78 is 6.85. The number of ether oxygens (including phenoxy) is 1. The number of aliphatic hydroxyl groups is 1. The fraction of sp³-hybridized carbons (Fsp3) is 0.0870. The Labute approximate surface area is 177 Å². The van der Waals surface area contributed by atoms with Crippen molar-refractivity contribution in [1.29, 1.82) is 5.26 Å². The molecule has 1 N–H and O–H groups in total. The summed E-state index contributed by atoms with van der Waals surface area (Å²) in [7, 11) is 0. The van der Waals surface area contributed by atoms with Gasteiger partial charge in [-0.2, -0.15) is 5.26 Å². The van der Waals surface area contributed by atoms with Gasteiger partial charge in [0.2, 0.25) is 0 Å². The molecule has 0 saturated heterocycles. The number of nitrogens with zero attached hydrogens (tertiary/aromatic N) is 1. The van der Waals surface area contributed by atoms with Gasteiger partial charge in [-0.15, -0.1) is 0 Å². The summed E-state index contributed by atoms with van der Waals surface area (Å²) in [4.78, 5) is 0. The van der Waals surface area contributed by atoms with Gasteiger partial charge in [0.05, 0.1) is 5.56 Å². The van der Waals surface area contributed by atoms with Crippen molar-refractivity contribution in [2.75, 3.05) is 0 Å². The van der Waals surface area contributed by atoms with Crippen LogP contribution in [0.4, 0.5) is 0 Å². The van der Waals surface area contributed by atoms with Crippen molar-refractivity contribution in [2.24, 2.45) is 0 Å². The van der Waals surface area contributed by atoms with Gasteiger partial charge in [-0.05, 0) is 36.8 Å². The predicted octanol–water partition coefficient (Wildman–Crippen LogP) is 6.44. The molecule has 28 heavy (non-hydrogen) atoms. The highest BCUT2D eigenvalue weighted by Crippen LogP contribution is 2.31. The molecule has 0 aliphatic heterocycles. The number of aryl methyl sites for hydroxylation is 1. The van der Waals surface area contributed by atoms with Crippen LogP contribution in [0, 0.1) is 18.3 Å². The van der Waals surface area contributed by atoms with Gasteiger partial charge in [0.1, 0.15) is 23.7 Å². The SMILES string of the molecule is Cc1ccc(/C(=C/C(O)c2ccccc2Br)Oc2cc(Cl)ccc2C#N)cc1. The van der Waals surface area contributed by atoms with Crippen molar-refractivity contribution >= 4 is 33.3 Å². The largest absolute Gasteiger partial charge is 0.456 e. The number of hydrogen-bond donors (Lipinski definition) is 1. The Morgan fingerprint density at radius 3 is 2.54 bits per heavy atom. The van der Waals surface area contributed by atoms with E-state index < -0.39 is 6.10 Å². The van der Waals surface area contributed by atoms with Crippen LogP contribution < -0.4 is 4.74 Å². The molecule has 3 nitrogen and oxygen atoms in total. The average molecular weight is 455 g/mol. The molecule has 0 aromatic heterocycles. The molecule has 0 amide bonds. The Hall–Kier alpha value is -2.58. The highest BCUT2D eigenvalue weighted by atomic mass is 79.9. The molecule has 0 aliphatic carbocycles. The molecule has 0 saturated carbocycles. The van der Waals surface area contributed by atoms with E-state index in [1.807, 2.05) is 55.5 Å². The van der Waals surface area contributed by atoms with Gasteiger partial charge >= 0.3 is 0 Å². The standard InChI is InChI=1S/C23H17BrClNO2/c1-15-6-8-16(9-7-15)23(13-21(27)19-4-2-3-5-20(19)24)28-22-12-18(25)11-10-17(22)14-26/h2-13,21,27H,1H3/b23-13-. The van der Waals surface area contributed by atoms with Crippen molar-refractivity contribution < 1.29 is 9.84 Å². The van der Waals surface area contributed by atoms with Crippen LogP contribution in [0.15, 0.2) is 77.3 Å². The first-order valence-corrected chi connectivity index (χ1v) is 9.74. The molecular formula is C23H17BrClNO2. The lowest BCUT2D eigenvalue weighted by molar-refractivity contribution is 0.226. The number of rotatable bonds is 5. The van der Waals surface area contributed by atoms with Crippen LogP contribution in [0.25, 0.3) is 5.76 Å². The molecule has 0 spiro atoms. The lowest BCUT2D eigenvalue weighted by atomic mass is 10.1. The van der Waals surface area contributed by atoms with E-state index in [2.05, 4.69) is 22.0 Å². The second-order valence-corrected chi connectivity index (χ2v) is 7.51. The van der Waals surface area contributed by atoms with Gasteiger partial charge in [0.15, 0.2) is 0 Å². The molecule has 140 valence electrons. The molecule has 0 heterocycles. The normalized spacial score (nSPS) is 12.3. The minimum absolute atomic E-state index is 0.334. The summed E-state index contributed by atoms with van der Waals surface area (Å²) >= 11 is 9.54. The van der Waals surface area contributed by atoms with E-state index in [-0.39, 0.29) is 0 Å². The highest BCUT2D eigenvalue weighted by molar-refractivity contribution is 9.10. The summed E-state index contributed by atoms with van der Waals surface area (Å²) in [5.41, 5.74) is 2.95. The molecule has 1 atom stereocenters. The summed E-state index contributed by atoms with van der Waals surface area (Å²) in [6.45, 7) is 1.99. The lowest BCUT2D eigenvalue weighted by Gasteiger charge is -2.15. The second kappa shape index (κ2) is 9.07. The third-order valence-electron chi connectivity index (χ3n) is 4.15. The first-order chi connectivity index (χ1) is 13.5. The third kappa shape index (κ3) is 4.82.